The van der Waals surface area contributed by atoms with Crippen LogP contribution in [0.4, 0.5) is 0 Å². The van der Waals surface area contributed by atoms with Crippen LogP contribution in [0.1, 0.15) is 29.0 Å². The fourth-order valence-electron chi connectivity index (χ4n) is 4.03. The number of aliphatic carboxylic acids is 1. The minimum absolute atomic E-state index is 0.155. The molecule has 0 atom stereocenters. The van der Waals surface area contributed by atoms with Crippen molar-refractivity contribution in [2.75, 3.05) is 0 Å². The summed E-state index contributed by atoms with van der Waals surface area (Å²) in [5.41, 5.74) is 6.77. The molecule has 0 aliphatic heterocycles. The van der Waals surface area contributed by atoms with E-state index in [4.69, 9.17) is 18.7 Å². The summed E-state index contributed by atoms with van der Waals surface area (Å²) in [4.78, 5) is 21.5. The molecule has 4 aromatic carbocycles. The molecule has 0 radical (unpaired) electrons. The molecule has 0 spiro atoms. The van der Waals surface area contributed by atoms with Gasteiger partial charge in [-0.05, 0) is 84.8 Å². The number of hydrogen-bond donors (Lipinski definition) is 2. The molecule has 0 amide bonds. The molecule has 0 saturated heterocycles. The zero-order valence-electron chi connectivity index (χ0n) is 23.0. The van der Waals surface area contributed by atoms with E-state index in [0.717, 1.165) is 33.9 Å². The lowest BCUT2D eigenvalue weighted by Crippen LogP contribution is -2.13. The van der Waals surface area contributed by atoms with Crippen molar-refractivity contribution in [2.24, 2.45) is 0 Å². The lowest BCUT2D eigenvalue weighted by atomic mass is 10.1. The first-order chi connectivity index (χ1) is 20.5. The summed E-state index contributed by atoms with van der Waals surface area (Å²) >= 11 is 0. The summed E-state index contributed by atoms with van der Waals surface area (Å²) < 4.78 is 17.6. The van der Waals surface area contributed by atoms with Crippen molar-refractivity contribution in [3.8, 4) is 28.7 Å². The zero-order valence-corrected chi connectivity index (χ0v) is 23.0. The van der Waals surface area contributed by atoms with E-state index >= 15 is 0 Å². The largest absolute Gasteiger partial charge is 0.487 e. The van der Waals surface area contributed by atoms with Crippen molar-refractivity contribution in [1.82, 2.24) is 10.5 Å². The fraction of sp³-hybridized carbons (Fsp3) is 0.118. The van der Waals surface area contributed by atoms with Gasteiger partial charge in [0.1, 0.15) is 35.3 Å². The number of nitrogens with one attached hydrogen (secondary N) is 1. The summed E-state index contributed by atoms with van der Waals surface area (Å²) in [5.74, 6) is 2.44. The van der Waals surface area contributed by atoms with E-state index in [1.165, 1.54) is 0 Å². The minimum Gasteiger partial charge on any atom is -0.487 e. The molecule has 1 heterocycles. The number of carboxylic acid groups (broad SMARTS) is 1. The van der Waals surface area contributed by atoms with Crippen molar-refractivity contribution in [3.63, 3.8) is 0 Å². The second kappa shape index (κ2) is 13.8. The van der Waals surface area contributed by atoms with Crippen molar-refractivity contribution in [2.45, 2.75) is 26.6 Å². The van der Waals surface area contributed by atoms with E-state index in [2.05, 4.69) is 10.5 Å². The molecule has 42 heavy (non-hydrogen) atoms. The third-order valence-electron chi connectivity index (χ3n) is 6.26. The SMILES string of the molecule is Cc1oc(-c2ccccc2)nc1COc1ccc(CONC(=CCC(=O)O)c2ccc(Oc3ccccc3)cc2)cc1. The molecule has 8 heteroatoms. The van der Waals surface area contributed by atoms with Gasteiger partial charge in [-0.2, -0.15) is 0 Å². The van der Waals surface area contributed by atoms with Gasteiger partial charge in [0.05, 0.1) is 18.7 Å². The number of carboxylic acids is 1. The highest BCUT2D eigenvalue weighted by atomic mass is 16.6. The van der Waals surface area contributed by atoms with Gasteiger partial charge in [-0.15, -0.1) is 0 Å². The van der Waals surface area contributed by atoms with Crippen molar-refractivity contribution in [1.29, 1.82) is 0 Å². The van der Waals surface area contributed by atoms with Crippen LogP contribution in [-0.4, -0.2) is 16.1 Å². The monoisotopic (exact) mass is 562 g/mol. The Hall–Kier alpha value is -5.34. The van der Waals surface area contributed by atoms with Crippen LogP contribution in [0.3, 0.4) is 0 Å². The Morgan fingerprint density at radius 1 is 0.833 bits per heavy atom. The molecule has 5 rings (SSSR count). The second-order valence-corrected chi connectivity index (χ2v) is 9.37. The average Bonchev–Trinajstić information content (AvgIpc) is 3.40. The number of hydrogen-bond acceptors (Lipinski definition) is 7. The Labute approximate surface area is 243 Å². The molecule has 8 nitrogen and oxygen atoms in total. The number of nitrogens with zero attached hydrogens (tertiary/aromatic N) is 1. The van der Waals surface area contributed by atoms with Crippen LogP contribution in [0.2, 0.25) is 0 Å². The lowest BCUT2D eigenvalue weighted by Gasteiger charge is -2.13. The summed E-state index contributed by atoms with van der Waals surface area (Å²) in [6, 6.07) is 34.1. The number of rotatable bonds is 13. The first-order valence-corrected chi connectivity index (χ1v) is 13.4. The Kier molecular flexibility index (Phi) is 9.28. The summed E-state index contributed by atoms with van der Waals surface area (Å²) in [6.07, 6.45) is 1.42. The molecule has 212 valence electrons. The van der Waals surface area contributed by atoms with Crippen molar-refractivity contribution in [3.05, 3.63) is 138 Å². The third-order valence-corrected chi connectivity index (χ3v) is 6.26. The van der Waals surface area contributed by atoms with Gasteiger partial charge in [-0.3, -0.25) is 15.1 Å². The van der Waals surface area contributed by atoms with Gasteiger partial charge in [0, 0.05) is 5.56 Å². The molecule has 1 aromatic heterocycles. The summed E-state index contributed by atoms with van der Waals surface area (Å²) in [7, 11) is 0. The second-order valence-electron chi connectivity index (χ2n) is 9.37. The number of carbonyl (C=O) groups is 1. The zero-order chi connectivity index (χ0) is 29.1. The number of hydroxylamine groups is 1. The Morgan fingerprint density at radius 2 is 1.48 bits per heavy atom. The normalized spacial score (nSPS) is 11.2. The standard InChI is InChI=1S/C34H30N2O6/c1-24-32(35-34(41-24)27-8-4-2-5-9-27)23-39-28-16-12-25(13-17-28)22-40-36-31(20-21-33(37)38)26-14-18-30(19-15-26)42-29-10-6-3-7-11-29/h2-20,36H,21-23H2,1H3,(H,37,38). The molecule has 0 bridgehead atoms. The molecule has 0 aliphatic rings. The maximum Gasteiger partial charge on any atom is 0.307 e. The van der Waals surface area contributed by atoms with Crippen LogP contribution in [0.25, 0.3) is 17.2 Å². The highest BCUT2D eigenvalue weighted by Crippen LogP contribution is 2.25. The topological polar surface area (TPSA) is 103 Å². The first-order valence-electron chi connectivity index (χ1n) is 13.4. The van der Waals surface area contributed by atoms with Crippen LogP contribution in [0.15, 0.2) is 120 Å². The van der Waals surface area contributed by atoms with Crippen LogP contribution in [-0.2, 0) is 22.8 Å². The molecular formula is C34H30N2O6. The Balaban J connectivity index is 1.14. The third kappa shape index (κ3) is 7.87. The predicted molar refractivity (Wildman–Crippen MR) is 159 cm³/mol. The van der Waals surface area contributed by atoms with E-state index in [-0.39, 0.29) is 19.6 Å². The van der Waals surface area contributed by atoms with Gasteiger partial charge < -0.3 is 19.0 Å². The number of ether oxygens (including phenoxy) is 2. The number of benzene rings is 4. The predicted octanol–water partition coefficient (Wildman–Crippen LogP) is 7.56. The highest BCUT2D eigenvalue weighted by Gasteiger charge is 2.12. The van der Waals surface area contributed by atoms with E-state index < -0.39 is 5.97 Å². The molecular weight excluding hydrogens is 532 g/mol. The number of aromatic nitrogens is 1. The Morgan fingerprint density at radius 3 is 2.17 bits per heavy atom. The van der Waals surface area contributed by atoms with Crippen molar-refractivity contribution < 1.29 is 28.6 Å². The van der Waals surface area contributed by atoms with Gasteiger partial charge in [-0.1, -0.05) is 48.5 Å². The number of para-hydroxylation sites is 1. The number of aryl methyl sites for hydroxylation is 1. The minimum atomic E-state index is -0.939. The molecule has 5 aromatic rings. The van der Waals surface area contributed by atoms with E-state index in [1.807, 2.05) is 116 Å². The molecule has 0 aliphatic carbocycles. The average molecular weight is 563 g/mol. The molecule has 0 saturated carbocycles. The maximum absolute atomic E-state index is 11.2. The maximum atomic E-state index is 11.2. The molecule has 2 N–H and O–H groups in total. The molecule has 0 fully saturated rings. The van der Waals surface area contributed by atoms with Crippen LogP contribution in [0, 0.1) is 6.92 Å². The van der Waals surface area contributed by atoms with Crippen LogP contribution < -0.4 is 15.0 Å². The lowest BCUT2D eigenvalue weighted by molar-refractivity contribution is -0.136. The van der Waals surface area contributed by atoms with Crippen LogP contribution >= 0.6 is 0 Å². The van der Waals surface area contributed by atoms with Crippen LogP contribution in [0.5, 0.6) is 17.2 Å². The van der Waals surface area contributed by atoms with E-state index in [1.54, 1.807) is 6.08 Å². The summed E-state index contributed by atoms with van der Waals surface area (Å²) in [6.45, 7) is 2.41. The van der Waals surface area contributed by atoms with Gasteiger partial charge >= 0.3 is 5.97 Å². The smallest absolute Gasteiger partial charge is 0.307 e. The van der Waals surface area contributed by atoms with Gasteiger partial charge in [0.2, 0.25) is 5.89 Å². The van der Waals surface area contributed by atoms with Gasteiger partial charge in [0.15, 0.2) is 0 Å². The first kappa shape index (κ1) is 28.2. The molecule has 0 unspecified atom stereocenters. The van der Waals surface area contributed by atoms with Crippen molar-refractivity contribution >= 4 is 11.7 Å². The fourth-order valence-corrected chi connectivity index (χ4v) is 4.03. The highest BCUT2D eigenvalue weighted by molar-refractivity contribution is 5.73. The van der Waals surface area contributed by atoms with E-state index in [0.29, 0.717) is 23.1 Å². The van der Waals surface area contributed by atoms with Gasteiger partial charge in [-0.25, -0.2) is 4.98 Å². The summed E-state index contributed by atoms with van der Waals surface area (Å²) in [5, 5.41) is 9.18. The number of oxazole rings is 1. The Bertz CT molecular complexity index is 1610. The van der Waals surface area contributed by atoms with Gasteiger partial charge in [0.25, 0.3) is 0 Å². The van der Waals surface area contributed by atoms with E-state index in [9.17, 15) is 9.90 Å². The quantitative estimate of drug-likeness (QED) is 0.142.